The van der Waals surface area contributed by atoms with E-state index < -0.39 is 0 Å². The van der Waals surface area contributed by atoms with Gasteiger partial charge >= 0.3 is 0 Å². The number of guanidine groups is 1. The molecule has 4 nitrogen and oxygen atoms in total. The molecule has 1 atom stereocenters. The summed E-state index contributed by atoms with van der Waals surface area (Å²) in [6, 6.07) is 8.66. The normalized spacial score (nSPS) is 16.7. The number of nitrogens with one attached hydrogen (secondary N) is 1. The maximum atomic E-state index is 5.93. The highest BCUT2D eigenvalue weighted by atomic mass is 127. The Morgan fingerprint density at radius 3 is 2.45 bits per heavy atom. The van der Waals surface area contributed by atoms with Gasteiger partial charge in [0.2, 0.25) is 0 Å². The Balaban J connectivity index is 0.00000200. The first-order valence-electron chi connectivity index (χ1n) is 6.86. The predicted molar refractivity (Wildman–Crippen MR) is 96.9 cm³/mol. The monoisotopic (exact) mass is 388 g/mol. The molecule has 1 aromatic rings. The number of nitrogens with zero attached hydrogens (tertiary/aromatic N) is 2. The van der Waals surface area contributed by atoms with Crippen LogP contribution in [0.25, 0.3) is 0 Å². The van der Waals surface area contributed by atoms with Gasteiger partial charge in [-0.1, -0.05) is 17.7 Å². The summed E-state index contributed by atoms with van der Waals surface area (Å²) in [5.74, 6) is 1.29. The van der Waals surface area contributed by atoms with E-state index in [9.17, 15) is 0 Å². The van der Waals surface area contributed by atoms with Gasteiger partial charge in [0.05, 0.1) is 6.54 Å². The van der Waals surface area contributed by atoms with Crippen molar-refractivity contribution in [3.05, 3.63) is 29.8 Å². The molecular formula is C15H25IN4. The highest BCUT2D eigenvalue weighted by Crippen LogP contribution is 2.34. The predicted octanol–water partition coefficient (Wildman–Crippen LogP) is 2.68. The van der Waals surface area contributed by atoms with Crippen molar-refractivity contribution in [1.29, 1.82) is 0 Å². The number of aliphatic imine (C=N–C) groups is 1. The molecule has 1 aliphatic rings. The molecule has 0 amide bonds. The van der Waals surface area contributed by atoms with E-state index in [2.05, 4.69) is 48.4 Å². The quantitative estimate of drug-likeness (QED) is 0.463. The number of hydrogen-bond donors (Lipinski definition) is 2. The fraction of sp³-hybridized carbons (Fsp3) is 0.533. The molecule has 0 radical (unpaired) electrons. The van der Waals surface area contributed by atoms with Crippen LogP contribution in [0.1, 0.15) is 18.4 Å². The standard InChI is InChI=1S/C15H24N4.HI/c1-11-4-8-13(9-5-11)18-15(16)17-10-14(19(2)3)12-6-7-12;/h4-5,8-9,12,14H,6-7,10H2,1-3H3,(H3,16,17,18);1H. The minimum absolute atomic E-state index is 0. The first-order valence-corrected chi connectivity index (χ1v) is 6.86. The van der Waals surface area contributed by atoms with Crippen LogP contribution >= 0.6 is 24.0 Å². The lowest BCUT2D eigenvalue weighted by molar-refractivity contribution is 0.271. The van der Waals surface area contributed by atoms with Crippen LogP contribution in [0.2, 0.25) is 0 Å². The van der Waals surface area contributed by atoms with Crippen molar-refractivity contribution in [3.8, 4) is 0 Å². The van der Waals surface area contributed by atoms with Gasteiger partial charge in [-0.15, -0.1) is 24.0 Å². The van der Waals surface area contributed by atoms with E-state index in [4.69, 9.17) is 5.73 Å². The van der Waals surface area contributed by atoms with Crippen LogP contribution in [-0.4, -0.2) is 37.5 Å². The molecule has 3 N–H and O–H groups in total. The highest BCUT2D eigenvalue weighted by molar-refractivity contribution is 14.0. The van der Waals surface area contributed by atoms with Crippen molar-refractivity contribution in [2.45, 2.75) is 25.8 Å². The summed E-state index contributed by atoms with van der Waals surface area (Å²) in [6.07, 6.45) is 2.65. The van der Waals surface area contributed by atoms with Gasteiger partial charge in [-0.05, 0) is 51.9 Å². The molecule has 1 saturated carbocycles. The van der Waals surface area contributed by atoms with Crippen LogP contribution in [0, 0.1) is 12.8 Å². The Kier molecular flexibility index (Phi) is 6.75. The van der Waals surface area contributed by atoms with Crippen molar-refractivity contribution in [3.63, 3.8) is 0 Å². The molecule has 0 heterocycles. The first kappa shape index (κ1) is 17.2. The van der Waals surface area contributed by atoms with Crippen LogP contribution in [-0.2, 0) is 0 Å². The summed E-state index contributed by atoms with van der Waals surface area (Å²) < 4.78 is 0. The van der Waals surface area contributed by atoms with Crippen molar-refractivity contribution in [2.24, 2.45) is 16.6 Å². The third-order valence-corrected chi connectivity index (χ3v) is 3.60. The lowest BCUT2D eigenvalue weighted by atomic mass is 10.2. The number of nitrogens with two attached hydrogens (primary N) is 1. The van der Waals surface area contributed by atoms with E-state index in [0.29, 0.717) is 12.0 Å². The van der Waals surface area contributed by atoms with Gasteiger partial charge in [0.1, 0.15) is 0 Å². The molecule has 0 aromatic heterocycles. The second-order valence-corrected chi connectivity index (χ2v) is 5.59. The summed E-state index contributed by atoms with van der Waals surface area (Å²) >= 11 is 0. The minimum Gasteiger partial charge on any atom is -0.370 e. The van der Waals surface area contributed by atoms with E-state index in [1.807, 2.05) is 12.1 Å². The third kappa shape index (κ3) is 5.28. The smallest absolute Gasteiger partial charge is 0.193 e. The summed E-state index contributed by atoms with van der Waals surface area (Å²) in [5, 5.41) is 3.13. The Morgan fingerprint density at radius 1 is 1.35 bits per heavy atom. The van der Waals surface area contributed by atoms with Crippen LogP contribution < -0.4 is 11.1 Å². The van der Waals surface area contributed by atoms with Gasteiger partial charge < -0.3 is 16.0 Å². The topological polar surface area (TPSA) is 53.6 Å². The molecular weight excluding hydrogens is 363 g/mol. The van der Waals surface area contributed by atoms with Gasteiger partial charge in [-0.25, -0.2) is 0 Å². The van der Waals surface area contributed by atoms with Crippen LogP contribution in [0.5, 0.6) is 0 Å². The Bertz CT molecular complexity index is 436. The van der Waals surface area contributed by atoms with E-state index >= 15 is 0 Å². The van der Waals surface area contributed by atoms with Gasteiger partial charge in [0.15, 0.2) is 5.96 Å². The Morgan fingerprint density at radius 2 is 1.95 bits per heavy atom. The number of halogens is 1. The van der Waals surface area contributed by atoms with Crippen LogP contribution in [0.15, 0.2) is 29.3 Å². The van der Waals surface area contributed by atoms with Gasteiger partial charge in [0, 0.05) is 11.7 Å². The molecule has 2 rings (SSSR count). The molecule has 0 aliphatic heterocycles. The highest BCUT2D eigenvalue weighted by Gasteiger charge is 2.32. The van der Waals surface area contributed by atoms with Crippen LogP contribution in [0.3, 0.4) is 0 Å². The van der Waals surface area contributed by atoms with E-state index in [1.54, 1.807) is 0 Å². The van der Waals surface area contributed by atoms with Crippen molar-refractivity contribution < 1.29 is 0 Å². The summed E-state index contributed by atoms with van der Waals surface area (Å²) in [6.45, 7) is 2.83. The van der Waals surface area contributed by atoms with E-state index in [1.165, 1.54) is 18.4 Å². The van der Waals surface area contributed by atoms with Gasteiger partial charge in [-0.2, -0.15) is 0 Å². The molecule has 0 bridgehead atoms. The van der Waals surface area contributed by atoms with Gasteiger partial charge in [0.25, 0.3) is 0 Å². The van der Waals surface area contributed by atoms with E-state index in [-0.39, 0.29) is 24.0 Å². The van der Waals surface area contributed by atoms with Gasteiger partial charge in [-0.3, -0.25) is 4.99 Å². The van der Waals surface area contributed by atoms with E-state index in [0.717, 1.165) is 18.2 Å². The largest absolute Gasteiger partial charge is 0.370 e. The molecule has 20 heavy (non-hydrogen) atoms. The van der Waals surface area contributed by atoms with Crippen molar-refractivity contribution in [1.82, 2.24) is 4.90 Å². The molecule has 1 aromatic carbocycles. The molecule has 112 valence electrons. The summed E-state index contributed by atoms with van der Waals surface area (Å²) in [4.78, 5) is 6.72. The molecule has 5 heteroatoms. The molecule has 1 fully saturated rings. The number of aryl methyl sites for hydroxylation is 1. The molecule has 1 unspecified atom stereocenters. The molecule has 0 spiro atoms. The fourth-order valence-electron chi connectivity index (χ4n) is 2.23. The second-order valence-electron chi connectivity index (χ2n) is 5.59. The average Bonchev–Trinajstić information content (AvgIpc) is 3.16. The minimum atomic E-state index is 0. The Labute approximate surface area is 138 Å². The zero-order valence-electron chi connectivity index (χ0n) is 12.5. The fourth-order valence-corrected chi connectivity index (χ4v) is 2.23. The molecule has 1 aliphatic carbocycles. The number of rotatable bonds is 5. The zero-order chi connectivity index (χ0) is 13.8. The second kappa shape index (κ2) is 7.83. The average molecular weight is 388 g/mol. The number of anilines is 1. The maximum Gasteiger partial charge on any atom is 0.193 e. The lowest BCUT2D eigenvalue weighted by Gasteiger charge is -2.22. The van der Waals surface area contributed by atoms with Crippen LogP contribution in [0.4, 0.5) is 5.69 Å². The maximum absolute atomic E-state index is 5.93. The number of hydrogen-bond acceptors (Lipinski definition) is 2. The summed E-state index contributed by atoms with van der Waals surface area (Å²) in [7, 11) is 4.23. The number of likely N-dealkylation sites (N-methyl/N-ethyl adjacent to an activating group) is 1. The zero-order valence-corrected chi connectivity index (χ0v) is 14.8. The summed E-state index contributed by atoms with van der Waals surface area (Å²) in [5.41, 5.74) is 8.16. The van der Waals surface area contributed by atoms with Crippen molar-refractivity contribution in [2.75, 3.05) is 26.0 Å². The molecule has 0 saturated heterocycles. The third-order valence-electron chi connectivity index (χ3n) is 3.60. The Hall–Kier alpha value is -0.820. The van der Waals surface area contributed by atoms with Crippen molar-refractivity contribution >= 4 is 35.6 Å². The first-order chi connectivity index (χ1) is 9.06. The SMILES string of the molecule is Cc1ccc(NC(N)=NCC(C2CC2)N(C)C)cc1.I. The number of benzene rings is 1. The lowest BCUT2D eigenvalue weighted by Crippen LogP contribution is -2.34.